The number of H-pyrrole nitrogens is 1. The van der Waals surface area contributed by atoms with Gasteiger partial charge in [0.2, 0.25) is 5.91 Å². The van der Waals surface area contributed by atoms with Gasteiger partial charge in [-0.1, -0.05) is 28.1 Å². The first-order chi connectivity index (χ1) is 11.2. The fraction of sp³-hybridized carbons (Fsp3) is 0.412. The second-order valence-electron chi connectivity index (χ2n) is 6.28. The van der Waals surface area contributed by atoms with Crippen molar-refractivity contribution >= 4 is 21.8 Å². The van der Waals surface area contributed by atoms with E-state index in [1.807, 2.05) is 23.2 Å². The van der Waals surface area contributed by atoms with E-state index in [2.05, 4.69) is 42.9 Å². The van der Waals surface area contributed by atoms with Gasteiger partial charge in [-0.05, 0) is 25.0 Å². The van der Waals surface area contributed by atoms with Gasteiger partial charge < -0.3 is 9.88 Å². The van der Waals surface area contributed by atoms with E-state index in [4.69, 9.17) is 0 Å². The molecule has 1 amide bonds. The molecule has 2 aliphatic rings. The van der Waals surface area contributed by atoms with Crippen molar-refractivity contribution in [3.63, 3.8) is 0 Å². The average Bonchev–Trinajstić information content (AvgIpc) is 3.26. The van der Waals surface area contributed by atoms with Gasteiger partial charge in [0.1, 0.15) is 5.82 Å². The Bertz CT molecular complexity index is 725. The van der Waals surface area contributed by atoms with E-state index < -0.39 is 0 Å². The zero-order chi connectivity index (χ0) is 15.8. The zero-order valence-corrected chi connectivity index (χ0v) is 14.4. The van der Waals surface area contributed by atoms with Crippen molar-refractivity contribution in [1.82, 2.24) is 19.8 Å². The van der Waals surface area contributed by atoms with E-state index in [0.29, 0.717) is 19.1 Å². The molecule has 1 aromatic heterocycles. The summed E-state index contributed by atoms with van der Waals surface area (Å²) < 4.78 is 1.05. The summed E-state index contributed by atoms with van der Waals surface area (Å²) in [7, 11) is 0. The number of benzene rings is 1. The summed E-state index contributed by atoms with van der Waals surface area (Å²) >= 11 is 3.49. The van der Waals surface area contributed by atoms with Crippen LogP contribution in [0.15, 0.2) is 34.9 Å². The van der Waals surface area contributed by atoms with E-state index in [0.717, 1.165) is 34.6 Å². The van der Waals surface area contributed by atoms with Gasteiger partial charge >= 0.3 is 0 Å². The standard InChI is InChI=1S/C17H19BrN4O/c18-13-3-1-2-12(8-13)15-9-19-16(20-15)10-21-6-7-22(14-4-5-14)17(23)11-21/h1-3,8-9,14H,4-7,10-11H2,(H,19,20). The number of hydrogen-bond acceptors (Lipinski definition) is 3. The summed E-state index contributed by atoms with van der Waals surface area (Å²) in [5.74, 6) is 1.17. The molecule has 1 saturated heterocycles. The van der Waals surface area contributed by atoms with Crippen LogP contribution < -0.4 is 0 Å². The number of aromatic amines is 1. The second kappa shape index (κ2) is 6.09. The highest BCUT2D eigenvalue weighted by molar-refractivity contribution is 9.10. The molecule has 120 valence electrons. The molecule has 0 atom stereocenters. The highest BCUT2D eigenvalue weighted by atomic mass is 79.9. The lowest BCUT2D eigenvalue weighted by Crippen LogP contribution is -2.50. The van der Waals surface area contributed by atoms with Crippen molar-refractivity contribution in [1.29, 1.82) is 0 Å². The maximum Gasteiger partial charge on any atom is 0.237 e. The van der Waals surface area contributed by atoms with Crippen LogP contribution in [-0.2, 0) is 11.3 Å². The number of nitrogens with one attached hydrogen (secondary N) is 1. The zero-order valence-electron chi connectivity index (χ0n) is 12.8. The number of carbonyl (C=O) groups is 1. The molecule has 1 aliphatic carbocycles. The van der Waals surface area contributed by atoms with Crippen LogP contribution in [-0.4, -0.2) is 51.4 Å². The van der Waals surface area contributed by atoms with E-state index in [1.165, 1.54) is 12.8 Å². The number of nitrogens with zero attached hydrogens (tertiary/aromatic N) is 3. The van der Waals surface area contributed by atoms with Crippen LogP contribution in [0.25, 0.3) is 11.3 Å². The van der Waals surface area contributed by atoms with Crippen LogP contribution in [0.4, 0.5) is 0 Å². The Morgan fingerprint density at radius 3 is 2.91 bits per heavy atom. The largest absolute Gasteiger partial charge is 0.341 e. The Morgan fingerprint density at radius 1 is 1.30 bits per heavy atom. The third-order valence-corrected chi connectivity index (χ3v) is 4.95. The van der Waals surface area contributed by atoms with E-state index in [1.54, 1.807) is 0 Å². The summed E-state index contributed by atoms with van der Waals surface area (Å²) in [6.07, 6.45) is 4.22. The van der Waals surface area contributed by atoms with Gasteiger partial charge in [0, 0.05) is 29.2 Å². The number of piperazine rings is 1. The lowest BCUT2D eigenvalue weighted by Gasteiger charge is -2.33. The highest BCUT2D eigenvalue weighted by Gasteiger charge is 2.35. The SMILES string of the molecule is O=C1CN(Cc2ncc(-c3cccc(Br)c3)[nH]2)CCN1C1CC1. The summed E-state index contributed by atoms with van der Waals surface area (Å²) in [5.41, 5.74) is 2.11. The first-order valence-electron chi connectivity index (χ1n) is 8.01. The first kappa shape index (κ1) is 14.9. The Morgan fingerprint density at radius 2 is 2.17 bits per heavy atom. The number of imidazole rings is 1. The van der Waals surface area contributed by atoms with Crippen molar-refractivity contribution in [3.8, 4) is 11.3 Å². The maximum atomic E-state index is 12.2. The smallest absolute Gasteiger partial charge is 0.237 e. The number of amides is 1. The maximum absolute atomic E-state index is 12.2. The highest BCUT2D eigenvalue weighted by Crippen LogP contribution is 2.28. The quantitative estimate of drug-likeness (QED) is 0.894. The molecule has 0 spiro atoms. The molecule has 2 aromatic rings. The lowest BCUT2D eigenvalue weighted by molar-refractivity contribution is -0.136. The minimum absolute atomic E-state index is 0.262. The Labute approximate surface area is 143 Å². The van der Waals surface area contributed by atoms with Crippen LogP contribution in [0.5, 0.6) is 0 Å². The van der Waals surface area contributed by atoms with Gasteiger partial charge in [0.05, 0.1) is 25.0 Å². The molecule has 6 heteroatoms. The number of hydrogen-bond donors (Lipinski definition) is 1. The number of carbonyl (C=O) groups excluding carboxylic acids is 1. The Hall–Kier alpha value is -1.66. The van der Waals surface area contributed by atoms with Gasteiger partial charge in [-0.3, -0.25) is 9.69 Å². The van der Waals surface area contributed by atoms with Gasteiger partial charge in [-0.15, -0.1) is 0 Å². The molecular weight excluding hydrogens is 356 g/mol. The molecule has 1 aliphatic heterocycles. The first-order valence-corrected chi connectivity index (χ1v) is 8.80. The molecule has 1 N–H and O–H groups in total. The van der Waals surface area contributed by atoms with E-state index in [9.17, 15) is 4.79 Å². The normalized spacial score (nSPS) is 19.3. The van der Waals surface area contributed by atoms with Crippen molar-refractivity contribution < 1.29 is 4.79 Å². The van der Waals surface area contributed by atoms with E-state index in [-0.39, 0.29) is 5.91 Å². The third-order valence-electron chi connectivity index (χ3n) is 4.46. The molecule has 0 bridgehead atoms. The predicted octanol–water partition coefficient (Wildman–Crippen LogP) is 2.65. The summed E-state index contributed by atoms with van der Waals surface area (Å²) in [6, 6.07) is 8.66. The molecule has 4 rings (SSSR count). The van der Waals surface area contributed by atoms with Crippen LogP contribution in [0, 0.1) is 0 Å². The summed E-state index contributed by atoms with van der Waals surface area (Å²) in [4.78, 5) is 24.2. The Balaban J connectivity index is 1.41. The predicted molar refractivity (Wildman–Crippen MR) is 91.7 cm³/mol. The average molecular weight is 375 g/mol. The van der Waals surface area contributed by atoms with Crippen LogP contribution in [0.1, 0.15) is 18.7 Å². The molecular formula is C17H19BrN4O. The molecule has 23 heavy (non-hydrogen) atoms. The van der Waals surface area contributed by atoms with Crippen molar-refractivity contribution in [2.75, 3.05) is 19.6 Å². The molecule has 2 heterocycles. The minimum Gasteiger partial charge on any atom is -0.341 e. The fourth-order valence-corrected chi connectivity index (χ4v) is 3.50. The number of aromatic nitrogens is 2. The monoisotopic (exact) mass is 374 g/mol. The van der Waals surface area contributed by atoms with E-state index >= 15 is 0 Å². The molecule has 5 nitrogen and oxygen atoms in total. The van der Waals surface area contributed by atoms with Gasteiger partial charge in [-0.2, -0.15) is 0 Å². The topological polar surface area (TPSA) is 52.2 Å². The molecule has 2 fully saturated rings. The van der Waals surface area contributed by atoms with Gasteiger partial charge in [0.25, 0.3) is 0 Å². The van der Waals surface area contributed by atoms with Gasteiger partial charge in [-0.25, -0.2) is 4.98 Å². The number of rotatable bonds is 4. The minimum atomic E-state index is 0.262. The van der Waals surface area contributed by atoms with Crippen LogP contribution >= 0.6 is 15.9 Å². The summed E-state index contributed by atoms with van der Waals surface area (Å²) in [5, 5.41) is 0. The van der Waals surface area contributed by atoms with Crippen LogP contribution in [0.3, 0.4) is 0 Å². The van der Waals surface area contributed by atoms with Gasteiger partial charge in [0.15, 0.2) is 0 Å². The Kier molecular flexibility index (Phi) is 3.95. The number of halogens is 1. The second-order valence-corrected chi connectivity index (χ2v) is 7.20. The summed E-state index contributed by atoms with van der Waals surface area (Å²) in [6.45, 7) is 2.97. The lowest BCUT2D eigenvalue weighted by atomic mass is 10.2. The fourth-order valence-electron chi connectivity index (χ4n) is 3.10. The van der Waals surface area contributed by atoms with Crippen molar-refractivity contribution in [2.45, 2.75) is 25.4 Å². The third kappa shape index (κ3) is 3.33. The van der Waals surface area contributed by atoms with Crippen LogP contribution in [0.2, 0.25) is 0 Å². The molecule has 0 unspecified atom stereocenters. The van der Waals surface area contributed by atoms with Crippen molar-refractivity contribution in [2.24, 2.45) is 0 Å². The molecule has 1 aromatic carbocycles. The molecule has 0 radical (unpaired) electrons. The van der Waals surface area contributed by atoms with Crippen molar-refractivity contribution in [3.05, 3.63) is 40.8 Å². The molecule has 1 saturated carbocycles.